The number of carbonyl (C=O) groups excluding carboxylic acids is 2. The third kappa shape index (κ3) is 5.49. The molecular weight excluding hydrogens is 648 g/mol. The normalized spacial score (nSPS) is 25.9. The molecule has 4 aliphatic carbocycles. The number of alkyl halides is 3. The first-order valence-electron chi connectivity index (χ1n) is 16.8. The fourth-order valence-electron chi connectivity index (χ4n) is 9.49. The van der Waals surface area contributed by atoms with Crippen LogP contribution in [0.25, 0.3) is 11.2 Å². The Morgan fingerprint density at radius 1 is 0.959 bits per heavy atom. The zero-order valence-corrected chi connectivity index (χ0v) is 26.7. The molecule has 4 fully saturated rings. The van der Waals surface area contributed by atoms with E-state index in [0.717, 1.165) is 51.7 Å². The van der Waals surface area contributed by atoms with E-state index in [-0.39, 0.29) is 23.5 Å². The number of anilines is 1. The first kappa shape index (κ1) is 32.0. The molecule has 6 aliphatic rings. The maximum absolute atomic E-state index is 14.5. The van der Waals surface area contributed by atoms with E-state index >= 15 is 0 Å². The van der Waals surface area contributed by atoms with Crippen molar-refractivity contribution in [2.24, 2.45) is 23.2 Å². The number of nitrogens with zero attached hydrogens (tertiary/aromatic N) is 5. The van der Waals surface area contributed by atoms with Gasteiger partial charge in [-0.3, -0.25) is 14.2 Å². The molecule has 0 atom stereocenters. The summed E-state index contributed by atoms with van der Waals surface area (Å²) in [6.45, 7) is 0.175. The van der Waals surface area contributed by atoms with Crippen LogP contribution in [0, 0.1) is 29.0 Å². The number of hydrogen-bond acceptors (Lipinski definition) is 8. The Morgan fingerprint density at radius 3 is 2.29 bits per heavy atom. The van der Waals surface area contributed by atoms with Gasteiger partial charge in [0.05, 0.1) is 6.54 Å². The second kappa shape index (κ2) is 11.7. The van der Waals surface area contributed by atoms with Crippen molar-refractivity contribution in [2.75, 3.05) is 24.5 Å². The van der Waals surface area contributed by atoms with Crippen molar-refractivity contribution in [1.82, 2.24) is 24.0 Å². The summed E-state index contributed by atoms with van der Waals surface area (Å²) in [7, 11) is 0. The highest BCUT2D eigenvalue weighted by molar-refractivity contribution is 5.85. The van der Waals surface area contributed by atoms with E-state index in [0.29, 0.717) is 69.0 Å². The number of halogens is 4. The van der Waals surface area contributed by atoms with E-state index in [1.807, 2.05) is 4.90 Å². The molecule has 49 heavy (non-hydrogen) atoms. The zero-order valence-electron chi connectivity index (χ0n) is 26.7. The van der Waals surface area contributed by atoms with Crippen LogP contribution < -0.4 is 21.5 Å². The van der Waals surface area contributed by atoms with Crippen LogP contribution in [0.2, 0.25) is 0 Å². The number of ether oxygens (including phenoxy) is 1. The molecule has 11 nitrogen and oxygen atoms in total. The summed E-state index contributed by atoms with van der Waals surface area (Å²) in [6.07, 6.45) is 1.07. The van der Waals surface area contributed by atoms with Crippen LogP contribution in [0.15, 0.2) is 45.1 Å². The summed E-state index contributed by atoms with van der Waals surface area (Å²) in [6, 6.07) is 5.86. The first-order valence-corrected chi connectivity index (χ1v) is 16.8. The van der Waals surface area contributed by atoms with E-state index in [1.54, 1.807) is 16.7 Å². The number of nitrogens with one attached hydrogen (secondary N) is 1. The van der Waals surface area contributed by atoms with Crippen LogP contribution in [0.1, 0.15) is 50.5 Å². The van der Waals surface area contributed by atoms with E-state index < -0.39 is 47.9 Å². The monoisotopic (exact) mass is 684 g/mol. The Kier molecular flexibility index (Phi) is 7.61. The van der Waals surface area contributed by atoms with Gasteiger partial charge in [0.1, 0.15) is 5.82 Å². The lowest BCUT2D eigenvalue weighted by Crippen LogP contribution is -2.52. The molecular formula is C34H36F4N6O5. The van der Waals surface area contributed by atoms with E-state index in [9.17, 15) is 36.7 Å². The molecule has 1 aromatic carbocycles. The number of esters is 1. The molecule has 4 saturated carbocycles. The van der Waals surface area contributed by atoms with Crippen molar-refractivity contribution < 1.29 is 31.9 Å². The van der Waals surface area contributed by atoms with Gasteiger partial charge in [-0.15, -0.1) is 0 Å². The van der Waals surface area contributed by atoms with Crippen molar-refractivity contribution in [3.63, 3.8) is 0 Å². The minimum atomic E-state index is -5.32. The summed E-state index contributed by atoms with van der Waals surface area (Å²) in [5.74, 6) is -1.57. The van der Waals surface area contributed by atoms with Gasteiger partial charge in [-0.05, 0) is 92.4 Å². The van der Waals surface area contributed by atoms with Crippen LogP contribution in [0.3, 0.4) is 0 Å². The van der Waals surface area contributed by atoms with Crippen LogP contribution >= 0.6 is 0 Å². The Hall–Kier alpha value is -4.27. The lowest BCUT2D eigenvalue weighted by atomic mass is 9.48. The molecule has 3 aromatic rings. The fourth-order valence-corrected chi connectivity index (χ4v) is 9.49. The van der Waals surface area contributed by atoms with Gasteiger partial charge in [0.25, 0.3) is 5.56 Å². The number of carbonyl (C=O) groups is 2. The molecule has 0 unspecified atom stereocenters. The number of rotatable bonds is 9. The number of hydrogen-bond donors (Lipinski definition) is 1. The minimum Gasteiger partial charge on any atom is -0.437 e. The molecule has 4 heterocycles. The summed E-state index contributed by atoms with van der Waals surface area (Å²) in [4.78, 5) is 61.1. The molecule has 0 saturated heterocycles. The topological polar surface area (TPSA) is 120 Å². The molecule has 0 spiro atoms. The van der Waals surface area contributed by atoms with Gasteiger partial charge in [0.2, 0.25) is 5.95 Å². The van der Waals surface area contributed by atoms with Crippen LogP contribution in [-0.4, -0.2) is 56.2 Å². The molecule has 2 aromatic heterocycles. The highest BCUT2D eigenvalue weighted by atomic mass is 19.4. The van der Waals surface area contributed by atoms with E-state index in [4.69, 9.17) is 0 Å². The van der Waals surface area contributed by atoms with Gasteiger partial charge in [-0.2, -0.15) is 18.2 Å². The Bertz CT molecular complexity index is 1970. The van der Waals surface area contributed by atoms with Crippen molar-refractivity contribution in [2.45, 2.75) is 77.4 Å². The van der Waals surface area contributed by atoms with Crippen LogP contribution in [0.5, 0.6) is 0 Å². The number of Topliss-reactive ketones (excluding diaryl/α,β-unsaturated/α-hetero) is 1. The standard InChI is InChI=1S/C34H36F4N6O5/c35-24-3-1-19(2-4-24)5-7-42-27-28(40-31(42)41-8-6-23-15-39-16-25(23)41)44(18-49-30(47)34(36,37)38)32(48)43(29(27)46)17-26(45)33-12-20-9-21(13-33)11-22(10-20)14-33/h1-4,20-22,39H,5-18H2. The fraction of sp³-hybridized carbons (Fsp3) is 0.559. The van der Waals surface area contributed by atoms with Gasteiger partial charge < -0.3 is 19.5 Å². The molecule has 2 aliphatic heterocycles. The smallest absolute Gasteiger partial charge is 0.437 e. The highest BCUT2D eigenvalue weighted by Crippen LogP contribution is 2.60. The third-order valence-electron chi connectivity index (χ3n) is 11.4. The molecule has 260 valence electrons. The number of fused-ring (bicyclic) bond motifs is 1. The average molecular weight is 685 g/mol. The molecule has 1 N–H and O–H groups in total. The van der Waals surface area contributed by atoms with Gasteiger partial charge in [-0.25, -0.2) is 18.5 Å². The van der Waals surface area contributed by atoms with Crippen LogP contribution in [-0.2, 0) is 40.6 Å². The van der Waals surface area contributed by atoms with Crippen LogP contribution in [0.4, 0.5) is 23.5 Å². The highest BCUT2D eigenvalue weighted by Gasteiger charge is 2.54. The molecule has 0 amide bonds. The second-order valence-electron chi connectivity index (χ2n) is 14.4. The number of aromatic nitrogens is 4. The largest absolute Gasteiger partial charge is 0.490 e. The Labute approximate surface area is 277 Å². The van der Waals surface area contributed by atoms with Crippen molar-refractivity contribution in [1.29, 1.82) is 0 Å². The van der Waals surface area contributed by atoms with E-state index in [1.165, 1.54) is 12.1 Å². The Balaban J connectivity index is 1.26. The lowest BCUT2D eigenvalue weighted by molar-refractivity contribution is -0.203. The van der Waals surface area contributed by atoms with Gasteiger partial charge >= 0.3 is 17.8 Å². The predicted octanol–water partition coefficient (Wildman–Crippen LogP) is 3.66. The number of benzene rings is 1. The van der Waals surface area contributed by atoms with Gasteiger partial charge in [0.15, 0.2) is 23.7 Å². The third-order valence-corrected chi connectivity index (χ3v) is 11.4. The van der Waals surface area contributed by atoms with Crippen molar-refractivity contribution in [3.05, 3.63) is 67.8 Å². The predicted molar refractivity (Wildman–Crippen MR) is 168 cm³/mol. The van der Waals surface area contributed by atoms with Crippen molar-refractivity contribution >= 4 is 28.9 Å². The summed E-state index contributed by atoms with van der Waals surface area (Å²) >= 11 is 0. The van der Waals surface area contributed by atoms with Gasteiger partial charge in [-0.1, -0.05) is 12.1 Å². The first-order chi connectivity index (χ1) is 23.4. The maximum atomic E-state index is 14.5. The van der Waals surface area contributed by atoms with E-state index in [2.05, 4.69) is 15.0 Å². The lowest BCUT2D eigenvalue weighted by Gasteiger charge is -2.56. The van der Waals surface area contributed by atoms with Gasteiger partial charge in [0, 0.05) is 37.3 Å². The molecule has 15 heteroatoms. The quantitative estimate of drug-likeness (QED) is 0.268. The SMILES string of the molecule is O=C(OCn1c(=O)n(CC(=O)C23CC4CC(CC(C4)C2)C3)c(=O)c2c1nc(N1CCC3=C1CNC3)n2CCc1ccc(F)cc1)C(F)(F)F. The number of ketones is 1. The maximum Gasteiger partial charge on any atom is 0.490 e. The zero-order chi connectivity index (χ0) is 34.2. The Morgan fingerprint density at radius 2 is 1.63 bits per heavy atom. The summed E-state index contributed by atoms with van der Waals surface area (Å²) < 4.78 is 61.0. The molecule has 4 bridgehead atoms. The summed E-state index contributed by atoms with van der Waals surface area (Å²) in [5.41, 5.74) is -0.0133. The number of imidazole rings is 1. The average Bonchev–Trinajstić information content (AvgIpc) is 3.77. The van der Waals surface area contributed by atoms with Crippen molar-refractivity contribution in [3.8, 4) is 0 Å². The number of aryl methyl sites for hydroxylation is 2. The molecule has 9 rings (SSSR count). The summed E-state index contributed by atoms with van der Waals surface area (Å²) in [5, 5.41) is 3.29. The minimum absolute atomic E-state index is 0.0990. The molecule has 0 radical (unpaired) electrons. The second-order valence-corrected chi connectivity index (χ2v) is 14.4.